The van der Waals surface area contributed by atoms with Crippen molar-refractivity contribution in [2.24, 2.45) is 7.05 Å². The molecule has 1 fully saturated rings. The predicted molar refractivity (Wildman–Crippen MR) is 115 cm³/mol. The van der Waals surface area contributed by atoms with Crippen LogP contribution in [0.2, 0.25) is 5.15 Å². The minimum Gasteiger partial charge on any atom is -0.444 e. The molecule has 0 radical (unpaired) electrons. The summed E-state index contributed by atoms with van der Waals surface area (Å²) < 4.78 is 6.96. The number of halogens is 1. The molecule has 0 bridgehead atoms. The zero-order chi connectivity index (χ0) is 22.2. The largest absolute Gasteiger partial charge is 0.444 e. The third-order valence-electron chi connectivity index (χ3n) is 5.18. The molecule has 0 aromatic carbocycles. The molecule has 2 aromatic rings. The summed E-state index contributed by atoms with van der Waals surface area (Å²) in [6.07, 6.45) is 0.251. The molecule has 9 nitrogen and oxygen atoms in total. The highest BCUT2D eigenvalue weighted by Gasteiger charge is 2.38. The van der Waals surface area contributed by atoms with Crippen molar-refractivity contribution in [2.75, 3.05) is 24.6 Å². The van der Waals surface area contributed by atoms with Crippen molar-refractivity contribution in [1.82, 2.24) is 19.4 Å². The van der Waals surface area contributed by atoms with Crippen molar-refractivity contribution < 1.29 is 14.6 Å². The molecule has 1 unspecified atom stereocenters. The van der Waals surface area contributed by atoms with Crippen LogP contribution in [0.15, 0.2) is 16.9 Å². The summed E-state index contributed by atoms with van der Waals surface area (Å²) in [6, 6.07) is 2.69. The first-order chi connectivity index (χ1) is 14.1. The Bertz CT molecular complexity index is 1000. The number of aliphatic hydroxyl groups excluding tert-OH is 1. The van der Waals surface area contributed by atoms with E-state index in [4.69, 9.17) is 16.3 Å². The standard InChI is InChI=1S/C20H28ClN5O4/c1-6-12-9-25(13(11-27)10-26(12)19(29)30-20(2,3)4)17-16-14(7-8-15(21)22-16)24(5)18(28)23-17/h7-8,12-13,27H,6,9-11H2,1-5H3/t12-,13?/m1/s1. The number of nitrogens with zero attached hydrogens (tertiary/aromatic N) is 5. The van der Waals surface area contributed by atoms with Gasteiger partial charge in [0, 0.05) is 20.1 Å². The van der Waals surface area contributed by atoms with Crippen molar-refractivity contribution in [3.8, 4) is 0 Å². The Morgan fingerprint density at radius 1 is 1.27 bits per heavy atom. The number of ether oxygens (including phenoxy) is 1. The van der Waals surface area contributed by atoms with Crippen LogP contribution in [0.1, 0.15) is 34.1 Å². The zero-order valence-corrected chi connectivity index (χ0v) is 18.7. The van der Waals surface area contributed by atoms with Gasteiger partial charge in [0.15, 0.2) is 5.82 Å². The number of aryl methyl sites for hydroxylation is 1. The Hall–Kier alpha value is -2.39. The van der Waals surface area contributed by atoms with Crippen LogP contribution >= 0.6 is 11.6 Å². The predicted octanol–water partition coefficient (Wildman–Crippen LogP) is 2.18. The van der Waals surface area contributed by atoms with Gasteiger partial charge in [-0.05, 0) is 39.3 Å². The van der Waals surface area contributed by atoms with E-state index in [1.54, 1.807) is 24.1 Å². The number of aliphatic hydroxyl groups is 1. The molecular weight excluding hydrogens is 410 g/mol. The van der Waals surface area contributed by atoms with Gasteiger partial charge in [0.25, 0.3) is 0 Å². The maximum absolute atomic E-state index is 12.7. The second-order valence-electron chi connectivity index (χ2n) is 8.46. The molecule has 2 aromatic heterocycles. The van der Waals surface area contributed by atoms with E-state index in [9.17, 15) is 14.7 Å². The van der Waals surface area contributed by atoms with Crippen LogP contribution in [0.25, 0.3) is 11.0 Å². The number of amides is 1. The minimum atomic E-state index is -0.620. The van der Waals surface area contributed by atoms with E-state index in [0.29, 0.717) is 29.8 Å². The van der Waals surface area contributed by atoms with Crippen LogP contribution in [0.5, 0.6) is 0 Å². The molecule has 1 saturated heterocycles. The molecule has 30 heavy (non-hydrogen) atoms. The molecule has 0 aliphatic carbocycles. The molecule has 3 heterocycles. The fraction of sp³-hybridized carbons (Fsp3) is 0.600. The maximum atomic E-state index is 12.7. The van der Waals surface area contributed by atoms with E-state index in [0.717, 1.165) is 0 Å². The average molecular weight is 438 g/mol. The normalized spacial score (nSPS) is 20.0. The molecule has 10 heteroatoms. The number of piperazine rings is 1. The molecule has 1 N–H and O–H groups in total. The van der Waals surface area contributed by atoms with Crippen molar-refractivity contribution in [3.05, 3.63) is 27.8 Å². The molecule has 1 aliphatic heterocycles. The first-order valence-electron chi connectivity index (χ1n) is 9.96. The lowest BCUT2D eigenvalue weighted by atomic mass is 10.0. The quantitative estimate of drug-likeness (QED) is 0.734. The van der Waals surface area contributed by atoms with E-state index >= 15 is 0 Å². The number of anilines is 1. The topological polar surface area (TPSA) is 101 Å². The molecule has 1 amide bonds. The van der Waals surface area contributed by atoms with Gasteiger partial charge < -0.3 is 19.6 Å². The van der Waals surface area contributed by atoms with E-state index < -0.39 is 23.4 Å². The first kappa shape index (κ1) is 22.3. The molecule has 0 saturated carbocycles. The minimum absolute atomic E-state index is 0.178. The van der Waals surface area contributed by atoms with Gasteiger partial charge in [-0.2, -0.15) is 4.98 Å². The number of hydrogen-bond donors (Lipinski definition) is 1. The van der Waals surface area contributed by atoms with Crippen LogP contribution in [0.4, 0.5) is 10.6 Å². The Morgan fingerprint density at radius 3 is 2.57 bits per heavy atom. The number of aromatic nitrogens is 3. The summed E-state index contributed by atoms with van der Waals surface area (Å²) in [4.78, 5) is 37.3. The van der Waals surface area contributed by atoms with Gasteiger partial charge in [0.1, 0.15) is 16.3 Å². The van der Waals surface area contributed by atoms with Crippen LogP contribution < -0.4 is 10.6 Å². The zero-order valence-electron chi connectivity index (χ0n) is 17.9. The third kappa shape index (κ3) is 4.37. The molecular formula is C20H28ClN5O4. The highest BCUT2D eigenvalue weighted by molar-refractivity contribution is 6.29. The average Bonchev–Trinajstić information content (AvgIpc) is 2.68. The fourth-order valence-electron chi connectivity index (χ4n) is 3.64. The molecule has 3 rings (SSSR count). The summed E-state index contributed by atoms with van der Waals surface area (Å²) in [7, 11) is 1.62. The summed E-state index contributed by atoms with van der Waals surface area (Å²) in [5, 5.41) is 10.4. The summed E-state index contributed by atoms with van der Waals surface area (Å²) in [5.41, 5.74) is 0.0175. The van der Waals surface area contributed by atoms with Gasteiger partial charge in [0.2, 0.25) is 0 Å². The lowest BCUT2D eigenvalue weighted by molar-refractivity contribution is 0.00773. The van der Waals surface area contributed by atoms with Gasteiger partial charge in [-0.1, -0.05) is 18.5 Å². The van der Waals surface area contributed by atoms with Crippen LogP contribution in [-0.2, 0) is 11.8 Å². The number of carbonyl (C=O) groups excluding carboxylic acids is 1. The molecule has 2 atom stereocenters. The smallest absolute Gasteiger partial charge is 0.410 e. The highest BCUT2D eigenvalue weighted by Crippen LogP contribution is 2.29. The van der Waals surface area contributed by atoms with Crippen LogP contribution in [-0.4, -0.2) is 68.0 Å². The van der Waals surface area contributed by atoms with Crippen molar-refractivity contribution in [2.45, 2.75) is 51.8 Å². The lowest BCUT2D eigenvalue weighted by Gasteiger charge is -2.46. The van der Waals surface area contributed by atoms with Crippen molar-refractivity contribution in [1.29, 1.82) is 0 Å². The summed E-state index contributed by atoms with van der Waals surface area (Å²) in [6.45, 7) is 7.82. The van der Waals surface area contributed by atoms with Gasteiger partial charge in [-0.3, -0.25) is 4.57 Å². The van der Waals surface area contributed by atoms with E-state index in [2.05, 4.69) is 9.97 Å². The first-order valence-corrected chi connectivity index (χ1v) is 10.3. The van der Waals surface area contributed by atoms with Gasteiger partial charge in [-0.15, -0.1) is 0 Å². The van der Waals surface area contributed by atoms with Gasteiger partial charge >= 0.3 is 11.8 Å². The monoisotopic (exact) mass is 437 g/mol. The highest BCUT2D eigenvalue weighted by atomic mass is 35.5. The second kappa shape index (κ2) is 8.39. The van der Waals surface area contributed by atoms with Gasteiger partial charge in [-0.25, -0.2) is 14.6 Å². The number of carbonyl (C=O) groups is 1. The number of pyridine rings is 1. The van der Waals surface area contributed by atoms with Gasteiger partial charge in [0.05, 0.1) is 24.2 Å². The van der Waals surface area contributed by atoms with E-state index in [1.165, 1.54) is 4.57 Å². The van der Waals surface area contributed by atoms with Crippen LogP contribution in [0.3, 0.4) is 0 Å². The van der Waals surface area contributed by atoms with Crippen molar-refractivity contribution in [3.63, 3.8) is 0 Å². The lowest BCUT2D eigenvalue weighted by Crippen LogP contribution is -2.62. The summed E-state index contributed by atoms with van der Waals surface area (Å²) in [5.74, 6) is 0.358. The Balaban J connectivity index is 2.04. The maximum Gasteiger partial charge on any atom is 0.410 e. The third-order valence-corrected chi connectivity index (χ3v) is 5.39. The SMILES string of the molecule is CC[C@@H]1CN(c2nc(=O)n(C)c3ccc(Cl)nc23)C(CO)CN1C(=O)OC(C)(C)C. The fourth-order valence-corrected chi connectivity index (χ4v) is 3.79. The van der Waals surface area contributed by atoms with E-state index in [-0.39, 0.29) is 24.3 Å². The molecule has 0 spiro atoms. The molecule has 164 valence electrons. The second-order valence-corrected chi connectivity index (χ2v) is 8.85. The van der Waals surface area contributed by atoms with Crippen LogP contribution in [0, 0.1) is 0 Å². The Labute approximate surface area is 180 Å². The number of hydrogen-bond acceptors (Lipinski definition) is 7. The Kier molecular flexibility index (Phi) is 6.24. The number of fused-ring (bicyclic) bond motifs is 1. The molecule has 1 aliphatic rings. The number of rotatable bonds is 3. The Morgan fingerprint density at radius 2 is 1.97 bits per heavy atom. The summed E-state index contributed by atoms with van der Waals surface area (Å²) >= 11 is 6.11. The van der Waals surface area contributed by atoms with Crippen molar-refractivity contribution >= 4 is 34.5 Å². The van der Waals surface area contributed by atoms with E-state index in [1.807, 2.05) is 32.6 Å².